The summed E-state index contributed by atoms with van der Waals surface area (Å²) < 4.78 is 1.61. The Morgan fingerprint density at radius 3 is 2.81 bits per heavy atom. The number of nitrogens with zero attached hydrogens (tertiary/aromatic N) is 3. The highest BCUT2D eigenvalue weighted by Gasteiger charge is 2.12. The van der Waals surface area contributed by atoms with Crippen molar-refractivity contribution in [3.8, 4) is 0 Å². The number of aryl methyl sites for hydroxylation is 2. The van der Waals surface area contributed by atoms with E-state index in [2.05, 4.69) is 15.4 Å². The van der Waals surface area contributed by atoms with Gasteiger partial charge < -0.3 is 5.32 Å². The van der Waals surface area contributed by atoms with Crippen LogP contribution in [0.2, 0.25) is 0 Å². The summed E-state index contributed by atoms with van der Waals surface area (Å²) in [5.41, 5.74) is 1.27. The first-order valence-electron chi connectivity index (χ1n) is 4.89. The Morgan fingerprint density at radius 1 is 1.44 bits per heavy atom. The molecular weight excluding hydrogens is 204 g/mol. The fraction of sp³-hybridized carbons (Fsp3) is 0.182. The van der Waals surface area contributed by atoms with Gasteiger partial charge in [0.2, 0.25) is 0 Å². The number of nitrogens with one attached hydrogen (secondary N) is 1. The van der Waals surface area contributed by atoms with Crippen LogP contribution in [0.4, 0.5) is 5.82 Å². The number of hydrogen-bond acceptors (Lipinski definition) is 3. The molecule has 0 unspecified atom stereocenters. The lowest BCUT2D eigenvalue weighted by atomic mass is 10.2. The van der Waals surface area contributed by atoms with E-state index in [1.165, 1.54) is 0 Å². The zero-order valence-electron chi connectivity index (χ0n) is 9.14. The Kier molecular flexibility index (Phi) is 2.68. The molecule has 0 bridgehead atoms. The molecular formula is C11H12N4O. The van der Waals surface area contributed by atoms with Crippen LogP contribution in [0.1, 0.15) is 16.1 Å². The first-order chi connectivity index (χ1) is 7.66. The lowest BCUT2D eigenvalue weighted by Gasteiger charge is -2.01. The Balaban J connectivity index is 2.18. The van der Waals surface area contributed by atoms with Gasteiger partial charge in [0.15, 0.2) is 0 Å². The van der Waals surface area contributed by atoms with Crippen molar-refractivity contribution in [2.45, 2.75) is 6.92 Å². The van der Waals surface area contributed by atoms with Gasteiger partial charge in [-0.05, 0) is 19.1 Å². The number of amides is 1. The van der Waals surface area contributed by atoms with Crippen LogP contribution in [-0.2, 0) is 7.05 Å². The van der Waals surface area contributed by atoms with Gasteiger partial charge in [0.05, 0.1) is 11.3 Å². The van der Waals surface area contributed by atoms with Crippen molar-refractivity contribution in [3.05, 3.63) is 41.9 Å². The zero-order chi connectivity index (χ0) is 11.5. The van der Waals surface area contributed by atoms with Crippen LogP contribution in [0.15, 0.2) is 30.6 Å². The summed E-state index contributed by atoms with van der Waals surface area (Å²) in [6.45, 7) is 1.80. The summed E-state index contributed by atoms with van der Waals surface area (Å²) in [5.74, 6) is 0.347. The third kappa shape index (κ3) is 2.08. The monoisotopic (exact) mass is 216 g/mol. The Morgan fingerprint density at radius 2 is 2.25 bits per heavy atom. The van der Waals surface area contributed by atoms with Crippen molar-refractivity contribution in [2.75, 3.05) is 5.32 Å². The number of rotatable bonds is 2. The smallest absolute Gasteiger partial charge is 0.260 e. The first kappa shape index (κ1) is 10.4. The molecule has 2 rings (SSSR count). The summed E-state index contributed by atoms with van der Waals surface area (Å²) in [6, 6.07) is 5.35. The number of aromatic nitrogens is 3. The van der Waals surface area contributed by atoms with E-state index >= 15 is 0 Å². The average molecular weight is 216 g/mol. The molecule has 5 nitrogen and oxygen atoms in total. The van der Waals surface area contributed by atoms with Crippen LogP contribution in [0.5, 0.6) is 0 Å². The maximum absolute atomic E-state index is 11.8. The van der Waals surface area contributed by atoms with Gasteiger partial charge in [-0.25, -0.2) is 4.98 Å². The second-order valence-electron chi connectivity index (χ2n) is 3.47. The van der Waals surface area contributed by atoms with Crippen molar-refractivity contribution in [2.24, 2.45) is 7.05 Å². The van der Waals surface area contributed by atoms with Gasteiger partial charge in [-0.1, -0.05) is 6.07 Å². The maximum atomic E-state index is 11.8. The first-order valence-corrected chi connectivity index (χ1v) is 4.89. The normalized spacial score (nSPS) is 10.1. The van der Waals surface area contributed by atoms with Crippen LogP contribution in [0.3, 0.4) is 0 Å². The topological polar surface area (TPSA) is 59.8 Å². The molecule has 0 radical (unpaired) electrons. The highest BCUT2D eigenvalue weighted by Crippen LogP contribution is 2.08. The molecule has 5 heteroatoms. The number of hydrogen-bond donors (Lipinski definition) is 1. The van der Waals surface area contributed by atoms with Crippen molar-refractivity contribution >= 4 is 11.7 Å². The summed E-state index contributed by atoms with van der Waals surface area (Å²) in [6.07, 6.45) is 3.32. The molecule has 16 heavy (non-hydrogen) atoms. The maximum Gasteiger partial charge on any atom is 0.260 e. The zero-order valence-corrected chi connectivity index (χ0v) is 9.14. The van der Waals surface area contributed by atoms with Crippen molar-refractivity contribution in [1.29, 1.82) is 0 Å². The third-order valence-corrected chi connectivity index (χ3v) is 2.16. The van der Waals surface area contributed by atoms with Gasteiger partial charge in [0.1, 0.15) is 5.82 Å². The van der Waals surface area contributed by atoms with E-state index in [4.69, 9.17) is 0 Å². The molecule has 2 heterocycles. The minimum Gasteiger partial charge on any atom is -0.306 e. The van der Waals surface area contributed by atoms with Crippen LogP contribution >= 0.6 is 0 Å². The van der Waals surface area contributed by atoms with Crippen molar-refractivity contribution in [3.63, 3.8) is 0 Å². The fourth-order valence-corrected chi connectivity index (χ4v) is 1.44. The number of carbonyl (C=O) groups excluding carboxylic acids is 1. The minimum absolute atomic E-state index is 0.190. The number of carbonyl (C=O) groups is 1. The van der Waals surface area contributed by atoms with Crippen LogP contribution < -0.4 is 5.32 Å². The summed E-state index contributed by atoms with van der Waals surface area (Å²) in [7, 11) is 1.78. The summed E-state index contributed by atoms with van der Waals surface area (Å²) in [5, 5.41) is 6.82. The Labute approximate surface area is 93.1 Å². The second-order valence-corrected chi connectivity index (χ2v) is 3.47. The second kappa shape index (κ2) is 4.14. The van der Waals surface area contributed by atoms with Gasteiger partial charge in [-0.15, -0.1) is 0 Å². The lowest BCUT2D eigenvalue weighted by molar-refractivity contribution is 0.102. The molecule has 1 N–H and O–H groups in total. The molecule has 2 aromatic heterocycles. The molecule has 0 aromatic carbocycles. The molecule has 0 atom stereocenters. The van der Waals surface area contributed by atoms with Gasteiger partial charge in [0, 0.05) is 19.4 Å². The minimum atomic E-state index is -0.190. The van der Waals surface area contributed by atoms with E-state index < -0.39 is 0 Å². The molecule has 0 aliphatic carbocycles. The lowest BCUT2D eigenvalue weighted by Crippen LogP contribution is -2.13. The van der Waals surface area contributed by atoms with Crippen molar-refractivity contribution in [1.82, 2.24) is 14.8 Å². The average Bonchev–Trinajstić information content (AvgIpc) is 2.59. The molecule has 0 aliphatic rings. The van der Waals surface area contributed by atoms with Gasteiger partial charge in [-0.2, -0.15) is 5.10 Å². The summed E-state index contributed by atoms with van der Waals surface area (Å²) >= 11 is 0. The van der Waals surface area contributed by atoms with Crippen molar-refractivity contribution < 1.29 is 4.79 Å². The summed E-state index contributed by atoms with van der Waals surface area (Å²) in [4.78, 5) is 15.9. The highest BCUT2D eigenvalue weighted by molar-refractivity contribution is 6.04. The molecule has 2 aromatic rings. The van der Waals surface area contributed by atoms with E-state index in [9.17, 15) is 4.79 Å². The quantitative estimate of drug-likeness (QED) is 0.824. The predicted molar refractivity (Wildman–Crippen MR) is 60.1 cm³/mol. The Hall–Kier alpha value is -2.17. The number of pyridine rings is 1. The SMILES string of the molecule is Cc1nn(C)cc1C(=O)Nc1ccccn1. The number of anilines is 1. The van der Waals surface area contributed by atoms with E-state index in [0.717, 1.165) is 0 Å². The van der Waals surface area contributed by atoms with E-state index in [1.54, 1.807) is 43.2 Å². The predicted octanol–water partition coefficient (Wildman–Crippen LogP) is 1.38. The Bertz CT molecular complexity index is 504. The molecule has 0 saturated carbocycles. The molecule has 0 spiro atoms. The molecule has 1 amide bonds. The molecule has 0 saturated heterocycles. The van der Waals surface area contributed by atoms with E-state index in [0.29, 0.717) is 17.1 Å². The van der Waals surface area contributed by atoms with Crippen LogP contribution in [0, 0.1) is 6.92 Å². The van der Waals surface area contributed by atoms with Gasteiger partial charge in [0.25, 0.3) is 5.91 Å². The fourth-order valence-electron chi connectivity index (χ4n) is 1.44. The van der Waals surface area contributed by atoms with Crippen LogP contribution in [-0.4, -0.2) is 20.7 Å². The van der Waals surface area contributed by atoms with Gasteiger partial charge in [-0.3, -0.25) is 9.48 Å². The molecule has 0 fully saturated rings. The van der Waals surface area contributed by atoms with E-state index in [1.807, 2.05) is 6.07 Å². The van der Waals surface area contributed by atoms with E-state index in [-0.39, 0.29) is 5.91 Å². The largest absolute Gasteiger partial charge is 0.306 e. The van der Waals surface area contributed by atoms with Gasteiger partial charge >= 0.3 is 0 Å². The van der Waals surface area contributed by atoms with Crippen LogP contribution in [0.25, 0.3) is 0 Å². The standard InChI is InChI=1S/C11H12N4O/c1-8-9(7-15(2)14-8)11(16)13-10-5-3-4-6-12-10/h3-7H,1-2H3,(H,12,13,16). The highest BCUT2D eigenvalue weighted by atomic mass is 16.1. The molecule has 82 valence electrons. The molecule has 0 aliphatic heterocycles. The third-order valence-electron chi connectivity index (χ3n) is 2.16.